The number of carbonyl (C=O) groups excluding carboxylic acids is 5. The largest absolute Gasteiger partial charge is 0.624 e. The molecule has 2 aromatic rings. The molecule has 2 atom stereocenters. The van der Waals surface area contributed by atoms with Crippen molar-refractivity contribution in [1.29, 1.82) is 0 Å². The average molecular weight is 1210 g/mol. The summed E-state index contributed by atoms with van der Waals surface area (Å²) in [5.74, 6) is -1.24. The Kier molecular flexibility index (Phi) is 31.6. The Labute approximate surface area is 517 Å². The summed E-state index contributed by atoms with van der Waals surface area (Å²) < 4.78 is 23.3. The van der Waals surface area contributed by atoms with E-state index in [1.807, 2.05) is 147 Å². The molecule has 2 saturated heterocycles. The first-order valence-electron chi connectivity index (χ1n) is 30.9. The number of hydroxylamine groups is 6. The summed E-state index contributed by atoms with van der Waals surface area (Å²) in [6.07, 6.45) is 8.15. The van der Waals surface area contributed by atoms with Gasteiger partial charge in [0.2, 0.25) is 5.54 Å². The van der Waals surface area contributed by atoms with Gasteiger partial charge in [-0.25, -0.2) is 9.48 Å². The number of ether oxygens (including phenoxy) is 4. The Morgan fingerprint density at radius 2 is 1.02 bits per heavy atom. The van der Waals surface area contributed by atoms with Crippen molar-refractivity contribution in [2.45, 2.75) is 250 Å². The molecule has 86 heavy (non-hydrogen) atoms. The summed E-state index contributed by atoms with van der Waals surface area (Å²) in [4.78, 5) is 71.9. The van der Waals surface area contributed by atoms with Gasteiger partial charge in [-0.05, 0) is 166 Å². The Morgan fingerprint density at radius 3 is 1.43 bits per heavy atom. The maximum atomic E-state index is 12.7. The van der Waals surface area contributed by atoms with Gasteiger partial charge in [0.25, 0.3) is 0 Å². The summed E-state index contributed by atoms with van der Waals surface area (Å²) in [5, 5.41) is 37.8. The maximum absolute atomic E-state index is 12.7. The van der Waals surface area contributed by atoms with E-state index in [-0.39, 0.29) is 84.1 Å². The van der Waals surface area contributed by atoms with Crippen LogP contribution in [0.15, 0.2) is 60.7 Å². The number of aliphatic hydroxyl groups is 1. The molecule has 2 fully saturated rings. The lowest BCUT2D eigenvalue weighted by molar-refractivity contribution is -0.539. The molecule has 18 nitrogen and oxygen atoms in total. The van der Waals surface area contributed by atoms with Gasteiger partial charge in [-0.1, -0.05) is 71.0 Å². The number of hydrogen-bond donors (Lipinski definition) is 1. The maximum Gasteiger partial charge on any atom is 0.311 e. The standard InChI is InChI=1S/C20H37NO5.C19H35NO5.C17H25NO3.C12H17NO/c1-9-18(2,3)17(23)25-12-10-11-16(22)26-15-13-19(4,5)21(24-8)20(6,7)14-15;1-9-17(2,3)16(23)25-12-14(21)15(22)13-10-18(4,5)20(24-8)19(6,7)11-13;1-6-16(2,3)15(19)21-13-17(4,5)18(20)12-14-10-8-7-9-11-14;1-3-11(2)9-13(14)10-12-7-5-4-6-8-12/h15H,9-14H2,1-8H3;13-14,21H,9-12H2,1-8H3;7-12H,6,13H2,1-5H3;4-8,10-11H,3,9H2,1-2H3/b;;18-12-;13-10-. The second-order valence-electron chi connectivity index (χ2n) is 28.2. The van der Waals surface area contributed by atoms with Crippen molar-refractivity contribution in [1.82, 2.24) is 10.1 Å². The third kappa shape index (κ3) is 25.8. The first-order valence-corrected chi connectivity index (χ1v) is 30.9. The molecule has 2 aliphatic rings. The smallest absolute Gasteiger partial charge is 0.311 e. The number of esters is 4. The molecule has 18 heteroatoms. The highest BCUT2D eigenvalue weighted by Crippen LogP contribution is 2.43. The quantitative estimate of drug-likeness (QED) is 0.0186. The topological polar surface area (TPSA) is 220 Å². The first-order chi connectivity index (χ1) is 39.5. The van der Waals surface area contributed by atoms with E-state index >= 15 is 0 Å². The fourth-order valence-electron chi connectivity index (χ4n) is 10.2. The van der Waals surface area contributed by atoms with E-state index in [0.29, 0.717) is 44.6 Å². The Balaban J connectivity index is 0.000000585. The molecule has 0 radical (unpaired) electrons. The van der Waals surface area contributed by atoms with E-state index in [2.05, 4.69) is 41.5 Å². The van der Waals surface area contributed by atoms with Gasteiger partial charge in [0.15, 0.2) is 31.4 Å². The number of benzene rings is 2. The van der Waals surface area contributed by atoms with E-state index in [1.165, 1.54) is 6.21 Å². The van der Waals surface area contributed by atoms with Gasteiger partial charge in [-0.3, -0.25) is 24.0 Å². The van der Waals surface area contributed by atoms with Gasteiger partial charge < -0.3 is 44.1 Å². The molecule has 0 aliphatic carbocycles. The van der Waals surface area contributed by atoms with Crippen LogP contribution in [-0.4, -0.2) is 147 Å². The van der Waals surface area contributed by atoms with Crippen molar-refractivity contribution in [3.05, 3.63) is 82.2 Å². The lowest BCUT2D eigenvalue weighted by Gasteiger charge is -2.53. The third-order valence-corrected chi connectivity index (χ3v) is 16.5. The van der Waals surface area contributed by atoms with E-state index in [4.69, 9.17) is 28.6 Å². The number of rotatable bonds is 25. The van der Waals surface area contributed by atoms with Crippen LogP contribution in [0.25, 0.3) is 0 Å². The SMILES string of the molecule is CCC(C)(C)C(=O)OCC(C)(C)/[N+]([O-])=C/c1ccccc1.CCC(C)(C)C(=O)OCC(O)C(=O)C1CC(C)(C)N(OC)C(C)(C)C1.CCC(C)(C)C(=O)OCCCC(=O)OC1CC(C)(C)N(OC)C(C)(C)C1.CCC(C)C/[N+]([O-])=C/c1ccccc1. The minimum Gasteiger partial charge on any atom is -0.624 e. The number of aliphatic hydroxyl groups excluding tert-OH is 1. The zero-order valence-electron chi connectivity index (χ0n) is 57.2. The lowest BCUT2D eigenvalue weighted by Crippen LogP contribution is -2.61. The number of Topliss-reactive ketones (excluding diaryl/α,β-unsaturated/α-hetero) is 1. The van der Waals surface area contributed by atoms with E-state index < -0.39 is 33.9 Å². The highest BCUT2D eigenvalue weighted by atomic mass is 16.7. The van der Waals surface area contributed by atoms with Gasteiger partial charge in [-0.2, -0.15) is 10.1 Å². The number of carbonyl (C=O) groups is 5. The molecule has 0 saturated carbocycles. The molecule has 2 heterocycles. The second-order valence-corrected chi connectivity index (χ2v) is 28.2. The molecule has 2 aromatic carbocycles. The van der Waals surface area contributed by atoms with Crippen LogP contribution in [0.3, 0.4) is 0 Å². The summed E-state index contributed by atoms with van der Waals surface area (Å²) in [6, 6.07) is 19.0. The molecular formula is C68H114N4O14. The normalized spacial score (nSPS) is 18.2. The molecular weight excluding hydrogens is 1100 g/mol. The summed E-state index contributed by atoms with van der Waals surface area (Å²) in [5.41, 5.74) is -1.75. The van der Waals surface area contributed by atoms with Crippen molar-refractivity contribution < 1.29 is 67.2 Å². The second kappa shape index (κ2) is 34.5. The fraction of sp³-hybridized carbons (Fsp3) is 0.721. The average Bonchev–Trinajstić information content (AvgIpc) is 0.893. The predicted molar refractivity (Wildman–Crippen MR) is 340 cm³/mol. The van der Waals surface area contributed by atoms with Gasteiger partial charge in [0.1, 0.15) is 18.8 Å². The number of ketones is 1. The molecule has 0 amide bonds. The molecule has 4 rings (SSSR count). The monoisotopic (exact) mass is 1210 g/mol. The van der Waals surface area contributed by atoms with Crippen LogP contribution in [0.1, 0.15) is 221 Å². The van der Waals surface area contributed by atoms with Crippen LogP contribution in [0.5, 0.6) is 0 Å². The van der Waals surface area contributed by atoms with E-state index in [0.717, 1.165) is 46.3 Å². The Bertz CT molecular complexity index is 2430. The molecule has 490 valence electrons. The molecule has 1 N–H and O–H groups in total. The van der Waals surface area contributed by atoms with Gasteiger partial charge >= 0.3 is 23.9 Å². The predicted octanol–water partition coefficient (Wildman–Crippen LogP) is 12.6. The fourth-order valence-corrected chi connectivity index (χ4v) is 10.2. The Morgan fingerprint density at radius 1 is 0.628 bits per heavy atom. The summed E-state index contributed by atoms with van der Waals surface area (Å²) in [6.45, 7) is 41.5. The number of piperidine rings is 2. The van der Waals surface area contributed by atoms with Crippen molar-refractivity contribution in [2.24, 2.45) is 28.1 Å². The van der Waals surface area contributed by atoms with Crippen LogP contribution in [0, 0.1) is 38.5 Å². The van der Waals surface area contributed by atoms with Crippen LogP contribution in [0.2, 0.25) is 0 Å². The zero-order chi connectivity index (χ0) is 66.3. The van der Waals surface area contributed by atoms with Crippen molar-refractivity contribution in [2.75, 3.05) is 40.6 Å². The summed E-state index contributed by atoms with van der Waals surface area (Å²) >= 11 is 0. The minimum atomic E-state index is -1.29. The van der Waals surface area contributed by atoms with Crippen LogP contribution in [-0.2, 0) is 52.6 Å². The van der Waals surface area contributed by atoms with E-state index in [9.17, 15) is 39.5 Å². The highest BCUT2D eigenvalue weighted by Gasteiger charge is 2.50. The molecule has 0 spiro atoms. The van der Waals surface area contributed by atoms with Gasteiger partial charge in [0, 0.05) is 78.2 Å². The molecule has 0 bridgehead atoms. The van der Waals surface area contributed by atoms with Gasteiger partial charge in [0.05, 0.1) is 37.1 Å². The van der Waals surface area contributed by atoms with Crippen LogP contribution in [0.4, 0.5) is 0 Å². The number of hydrogen-bond acceptors (Lipinski definition) is 16. The summed E-state index contributed by atoms with van der Waals surface area (Å²) in [7, 11) is 3.31. The van der Waals surface area contributed by atoms with Gasteiger partial charge in [-0.15, -0.1) is 0 Å². The lowest BCUT2D eigenvalue weighted by atomic mass is 9.73. The van der Waals surface area contributed by atoms with Crippen LogP contribution < -0.4 is 0 Å². The molecule has 2 aliphatic heterocycles. The minimum absolute atomic E-state index is 0.0576. The highest BCUT2D eigenvalue weighted by molar-refractivity contribution is 5.86. The first kappa shape index (κ1) is 78.7. The van der Waals surface area contributed by atoms with E-state index in [1.54, 1.807) is 48.1 Å². The Hall–Kier alpha value is -5.27. The van der Waals surface area contributed by atoms with Crippen molar-refractivity contribution in [3.8, 4) is 0 Å². The van der Waals surface area contributed by atoms with Crippen molar-refractivity contribution in [3.63, 3.8) is 0 Å². The zero-order valence-corrected chi connectivity index (χ0v) is 57.2. The number of nitrogens with zero attached hydrogens (tertiary/aromatic N) is 4. The third-order valence-electron chi connectivity index (χ3n) is 16.5. The molecule has 0 aromatic heterocycles. The van der Waals surface area contributed by atoms with Crippen LogP contribution >= 0.6 is 0 Å². The molecule has 2 unspecified atom stereocenters. The van der Waals surface area contributed by atoms with Crippen molar-refractivity contribution >= 4 is 42.1 Å².